The number of aryl methyl sites for hydroxylation is 1. The van der Waals surface area contributed by atoms with Crippen molar-refractivity contribution in [3.63, 3.8) is 0 Å². The van der Waals surface area contributed by atoms with E-state index in [1.165, 1.54) is 22.6 Å². The number of thiazole rings is 1. The molecule has 0 radical (unpaired) electrons. The van der Waals surface area contributed by atoms with Gasteiger partial charge in [0.2, 0.25) is 0 Å². The fraction of sp³-hybridized carbons (Fsp3) is 0.375. The molecule has 2 aromatic rings. The lowest BCUT2D eigenvalue weighted by molar-refractivity contribution is 0.0741. The predicted molar refractivity (Wildman–Crippen MR) is 104 cm³/mol. The first kappa shape index (κ1) is 20.7. The van der Waals surface area contributed by atoms with Gasteiger partial charge in [-0.3, -0.25) is 4.79 Å². The predicted octanol–water partition coefficient (Wildman–Crippen LogP) is 2.72. The number of halogens is 2. The molecule has 0 bridgehead atoms. The number of benzene rings is 1. The Kier molecular flexibility index (Phi) is 7.96. The van der Waals surface area contributed by atoms with Crippen molar-refractivity contribution >= 4 is 47.7 Å². The molecule has 2 N–H and O–H groups in total. The number of piperazine rings is 1. The first-order valence-corrected chi connectivity index (χ1v) is 8.30. The maximum Gasteiger partial charge on any atom is 0.273 e. The summed E-state index contributed by atoms with van der Waals surface area (Å²) in [6, 6.07) is 8.48. The maximum absolute atomic E-state index is 12.4. The molecule has 3 rings (SSSR count). The van der Waals surface area contributed by atoms with Crippen molar-refractivity contribution in [3.05, 3.63) is 45.9 Å². The van der Waals surface area contributed by atoms with Crippen molar-refractivity contribution in [3.8, 4) is 0 Å². The molecule has 132 valence electrons. The molecule has 1 amide bonds. The van der Waals surface area contributed by atoms with E-state index in [1.54, 1.807) is 5.38 Å². The highest BCUT2D eigenvalue weighted by Crippen LogP contribution is 2.19. The van der Waals surface area contributed by atoms with Gasteiger partial charge in [0.1, 0.15) is 10.7 Å². The molecule has 0 unspecified atom stereocenters. The zero-order valence-electron chi connectivity index (χ0n) is 13.5. The second-order valence-corrected chi connectivity index (χ2v) is 6.39. The number of nitrogens with two attached hydrogens (primary N) is 1. The van der Waals surface area contributed by atoms with Crippen LogP contribution in [0, 0.1) is 6.92 Å². The van der Waals surface area contributed by atoms with Crippen LogP contribution in [0.5, 0.6) is 0 Å². The molecule has 1 fully saturated rings. The second kappa shape index (κ2) is 9.22. The molecular formula is C16H22Cl2N4OS. The summed E-state index contributed by atoms with van der Waals surface area (Å²) in [6.07, 6.45) is 0. The second-order valence-electron chi connectivity index (χ2n) is 5.45. The summed E-state index contributed by atoms with van der Waals surface area (Å²) < 4.78 is 0. The minimum absolute atomic E-state index is 0. The Morgan fingerprint density at radius 1 is 1.25 bits per heavy atom. The minimum atomic E-state index is 0. The van der Waals surface area contributed by atoms with Crippen molar-refractivity contribution in [2.24, 2.45) is 5.73 Å². The molecule has 1 aromatic heterocycles. The van der Waals surface area contributed by atoms with Crippen LogP contribution in [0.1, 0.15) is 21.1 Å². The molecule has 0 spiro atoms. The average molecular weight is 389 g/mol. The third-order valence-electron chi connectivity index (χ3n) is 3.88. The van der Waals surface area contributed by atoms with Gasteiger partial charge >= 0.3 is 0 Å². The smallest absolute Gasteiger partial charge is 0.273 e. The lowest BCUT2D eigenvalue weighted by Gasteiger charge is -2.36. The topological polar surface area (TPSA) is 62.5 Å². The molecular weight excluding hydrogens is 367 g/mol. The van der Waals surface area contributed by atoms with Crippen LogP contribution < -0.4 is 10.6 Å². The molecule has 24 heavy (non-hydrogen) atoms. The number of rotatable bonds is 3. The van der Waals surface area contributed by atoms with E-state index >= 15 is 0 Å². The third kappa shape index (κ3) is 4.60. The van der Waals surface area contributed by atoms with E-state index in [2.05, 4.69) is 41.1 Å². The number of anilines is 1. The molecule has 1 saturated heterocycles. The Hall–Kier alpha value is -1.34. The van der Waals surface area contributed by atoms with E-state index in [-0.39, 0.29) is 30.7 Å². The Morgan fingerprint density at radius 2 is 1.96 bits per heavy atom. The van der Waals surface area contributed by atoms with Crippen LogP contribution in [0.25, 0.3) is 0 Å². The maximum atomic E-state index is 12.4. The lowest BCUT2D eigenvalue weighted by atomic mass is 10.2. The standard InChI is InChI=1S/C16H20N4OS.2ClH/c1-12-3-2-4-13(9-12)19-5-7-20(8-6-19)16(21)14-11-22-15(10-17)18-14;;/h2-4,9,11H,5-8,10,17H2,1H3;2*1H. The molecule has 1 aliphatic rings. The number of hydrogen-bond donors (Lipinski definition) is 1. The van der Waals surface area contributed by atoms with Crippen molar-refractivity contribution < 1.29 is 4.79 Å². The van der Waals surface area contributed by atoms with Gasteiger partial charge in [-0.15, -0.1) is 36.2 Å². The number of amides is 1. The summed E-state index contributed by atoms with van der Waals surface area (Å²) >= 11 is 1.45. The van der Waals surface area contributed by atoms with Gasteiger partial charge < -0.3 is 15.5 Å². The Balaban J connectivity index is 0.00000144. The SMILES string of the molecule is Cc1cccc(N2CCN(C(=O)c3csc(CN)n3)CC2)c1.Cl.Cl. The molecule has 0 saturated carbocycles. The van der Waals surface area contributed by atoms with Crippen LogP contribution in [0.15, 0.2) is 29.6 Å². The Morgan fingerprint density at radius 3 is 2.54 bits per heavy atom. The molecule has 1 aliphatic heterocycles. The van der Waals surface area contributed by atoms with Crippen LogP contribution in [0.2, 0.25) is 0 Å². The Bertz CT molecular complexity index is 672. The van der Waals surface area contributed by atoms with Crippen molar-refractivity contribution in [1.29, 1.82) is 0 Å². The van der Waals surface area contributed by atoms with Crippen LogP contribution in [0.4, 0.5) is 5.69 Å². The van der Waals surface area contributed by atoms with Gasteiger partial charge in [-0.2, -0.15) is 0 Å². The number of hydrogen-bond acceptors (Lipinski definition) is 5. The highest BCUT2D eigenvalue weighted by Gasteiger charge is 2.23. The third-order valence-corrected chi connectivity index (χ3v) is 4.75. The number of carbonyl (C=O) groups excluding carboxylic acids is 1. The molecule has 0 aliphatic carbocycles. The van der Waals surface area contributed by atoms with Gasteiger partial charge in [-0.25, -0.2) is 4.98 Å². The van der Waals surface area contributed by atoms with Crippen LogP contribution in [-0.2, 0) is 6.54 Å². The van der Waals surface area contributed by atoms with Gasteiger partial charge in [-0.05, 0) is 24.6 Å². The highest BCUT2D eigenvalue weighted by molar-refractivity contribution is 7.09. The fourth-order valence-electron chi connectivity index (χ4n) is 2.66. The van der Waals surface area contributed by atoms with E-state index in [0.717, 1.165) is 31.2 Å². The zero-order chi connectivity index (χ0) is 15.5. The molecule has 5 nitrogen and oxygen atoms in total. The normalized spacial score (nSPS) is 13.9. The summed E-state index contributed by atoms with van der Waals surface area (Å²) in [5.41, 5.74) is 8.56. The average Bonchev–Trinajstić information content (AvgIpc) is 3.03. The summed E-state index contributed by atoms with van der Waals surface area (Å²) in [4.78, 5) is 20.9. The van der Waals surface area contributed by atoms with Gasteiger partial charge in [-0.1, -0.05) is 12.1 Å². The van der Waals surface area contributed by atoms with Crippen LogP contribution >= 0.6 is 36.2 Å². The van der Waals surface area contributed by atoms with Crippen molar-refractivity contribution in [2.75, 3.05) is 31.1 Å². The quantitative estimate of drug-likeness (QED) is 0.877. The zero-order valence-corrected chi connectivity index (χ0v) is 15.9. The first-order chi connectivity index (χ1) is 10.7. The van der Waals surface area contributed by atoms with E-state index in [4.69, 9.17) is 5.73 Å². The summed E-state index contributed by atoms with van der Waals surface area (Å²) in [6.45, 7) is 5.64. The Labute approximate surface area is 158 Å². The minimum Gasteiger partial charge on any atom is -0.368 e. The van der Waals surface area contributed by atoms with Crippen molar-refractivity contribution in [1.82, 2.24) is 9.88 Å². The summed E-state index contributed by atoms with van der Waals surface area (Å²) in [7, 11) is 0. The molecule has 0 atom stereocenters. The van der Waals surface area contributed by atoms with Gasteiger partial charge in [0.05, 0.1) is 0 Å². The van der Waals surface area contributed by atoms with E-state index in [1.807, 2.05) is 4.90 Å². The van der Waals surface area contributed by atoms with Crippen LogP contribution in [-0.4, -0.2) is 42.0 Å². The number of aromatic nitrogens is 1. The first-order valence-electron chi connectivity index (χ1n) is 7.43. The highest BCUT2D eigenvalue weighted by atomic mass is 35.5. The van der Waals surface area contributed by atoms with Gasteiger partial charge in [0, 0.05) is 43.8 Å². The summed E-state index contributed by atoms with van der Waals surface area (Å²) in [5, 5.41) is 2.61. The van der Waals surface area contributed by atoms with Crippen molar-refractivity contribution in [2.45, 2.75) is 13.5 Å². The molecule has 8 heteroatoms. The van der Waals surface area contributed by atoms with E-state index < -0.39 is 0 Å². The van der Waals surface area contributed by atoms with E-state index in [9.17, 15) is 4.79 Å². The van der Waals surface area contributed by atoms with Crippen LogP contribution in [0.3, 0.4) is 0 Å². The fourth-order valence-corrected chi connectivity index (χ4v) is 3.31. The largest absolute Gasteiger partial charge is 0.368 e. The number of nitrogens with zero attached hydrogens (tertiary/aromatic N) is 3. The monoisotopic (exact) mass is 388 g/mol. The molecule has 2 heterocycles. The number of carbonyl (C=O) groups is 1. The molecule has 1 aromatic carbocycles. The lowest BCUT2D eigenvalue weighted by Crippen LogP contribution is -2.48. The van der Waals surface area contributed by atoms with E-state index in [0.29, 0.717) is 12.2 Å². The summed E-state index contributed by atoms with van der Waals surface area (Å²) in [5.74, 6) is 0.0137. The van der Waals surface area contributed by atoms with Gasteiger partial charge in [0.15, 0.2) is 0 Å². The van der Waals surface area contributed by atoms with Gasteiger partial charge in [0.25, 0.3) is 5.91 Å².